The lowest BCUT2D eigenvalue weighted by atomic mass is 10.4. The summed E-state index contributed by atoms with van der Waals surface area (Å²) in [4.78, 5) is 24.9. The van der Waals surface area contributed by atoms with E-state index >= 15 is 0 Å². The summed E-state index contributed by atoms with van der Waals surface area (Å²) in [6, 6.07) is 3.50. The Morgan fingerprint density at radius 1 is 1.53 bits per heavy atom. The van der Waals surface area contributed by atoms with Gasteiger partial charge in [-0.2, -0.15) is 0 Å². The molecule has 7 nitrogen and oxygen atoms in total. The number of nitrogen functional groups attached to an aromatic ring is 1. The minimum absolute atomic E-state index is 0.0882. The third-order valence-corrected chi connectivity index (χ3v) is 2.39. The second kappa shape index (κ2) is 4.20. The predicted molar refractivity (Wildman–Crippen MR) is 62.8 cm³/mol. The molecule has 0 unspecified atom stereocenters. The second-order valence-electron chi connectivity index (χ2n) is 3.51. The number of nitrogens with one attached hydrogen (secondary N) is 2. The van der Waals surface area contributed by atoms with Crippen LogP contribution in [0, 0.1) is 0 Å². The van der Waals surface area contributed by atoms with Gasteiger partial charge in [-0.3, -0.25) is 14.3 Å². The van der Waals surface area contributed by atoms with Crippen LogP contribution >= 0.6 is 0 Å². The highest BCUT2D eigenvalue weighted by molar-refractivity contribution is 5.60. The van der Waals surface area contributed by atoms with E-state index in [-0.39, 0.29) is 11.5 Å². The van der Waals surface area contributed by atoms with Gasteiger partial charge in [-0.25, -0.2) is 4.79 Å². The van der Waals surface area contributed by atoms with Crippen LogP contribution < -0.4 is 22.3 Å². The van der Waals surface area contributed by atoms with E-state index < -0.39 is 11.2 Å². The number of H-pyrrole nitrogens is 1. The molecule has 7 heteroatoms. The highest BCUT2D eigenvalue weighted by atomic mass is 16.3. The molecule has 0 radical (unpaired) electrons. The fourth-order valence-electron chi connectivity index (χ4n) is 1.40. The van der Waals surface area contributed by atoms with E-state index in [1.54, 1.807) is 12.1 Å². The average Bonchev–Trinajstić information content (AvgIpc) is 2.79. The van der Waals surface area contributed by atoms with Crippen LogP contribution in [0.1, 0.15) is 5.76 Å². The first-order chi connectivity index (χ1) is 8.09. The van der Waals surface area contributed by atoms with Crippen LogP contribution in [0.5, 0.6) is 0 Å². The van der Waals surface area contributed by atoms with Gasteiger partial charge < -0.3 is 15.5 Å². The van der Waals surface area contributed by atoms with E-state index in [0.717, 1.165) is 4.57 Å². The third-order valence-electron chi connectivity index (χ3n) is 2.39. The van der Waals surface area contributed by atoms with Crippen molar-refractivity contribution in [2.24, 2.45) is 7.05 Å². The number of nitrogens with zero attached hydrogens (tertiary/aromatic N) is 1. The Labute approximate surface area is 95.9 Å². The molecule has 0 saturated heterocycles. The van der Waals surface area contributed by atoms with Crippen LogP contribution in [-0.4, -0.2) is 9.55 Å². The molecule has 0 aliphatic rings. The van der Waals surface area contributed by atoms with Gasteiger partial charge in [0.05, 0.1) is 12.8 Å². The molecule has 0 amide bonds. The highest BCUT2D eigenvalue weighted by Crippen LogP contribution is 2.10. The normalized spacial score (nSPS) is 10.4. The summed E-state index contributed by atoms with van der Waals surface area (Å²) in [5.74, 6) is 0.753. The molecule has 0 aromatic carbocycles. The zero-order chi connectivity index (χ0) is 12.4. The summed E-state index contributed by atoms with van der Waals surface area (Å²) < 4.78 is 6.26. The summed E-state index contributed by atoms with van der Waals surface area (Å²) in [5.41, 5.74) is 4.74. The monoisotopic (exact) mass is 236 g/mol. The van der Waals surface area contributed by atoms with Gasteiger partial charge in [-0.15, -0.1) is 0 Å². The molecule has 2 rings (SSSR count). The number of anilines is 2. The van der Waals surface area contributed by atoms with Gasteiger partial charge in [-0.05, 0) is 12.1 Å². The molecule has 2 aromatic rings. The Kier molecular flexibility index (Phi) is 2.73. The van der Waals surface area contributed by atoms with Gasteiger partial charge in [0, 0.05) is 7.05 Å². The molecule has 0 aliphatic carbocycles. The van der Waals surface area contributed by atoms with Crippen LogP contribution in [-0.2, 0) is 13.6 Å². The van der Waals surface area contributed by atoms with E-state index in [1.165, 1.54) is 13.3 Å². The van der Waals surface area contributed by atoms with Crippen molar-refractivity contribution in [1.29, 1.82) is 0 Å². The molecule has 2 heterocycles. The molecule has 0 saturated carbocycles. The largest absolute Gasteiger partial charge is 0.467 e. The minimum atomic E-state index is -0.545. The van der Waals surface area contributed by atoms with Crippen molar-refractivity contribution in [3.63, 3.8) is 0 Å². The SMILES string of the molecule is Cn1c(N)c(NCc2ccco2)c(=O)[nH]c1=O. The van der Waals surface area contributed by atoms with Crippen LogP contribution in [0.25, 0.3) is 0 Å². The van der Waals surface area contributed by atoms with E-state index in [4.69, 9.17) is 10.2 Å². The number of hydrogen-bond acceptors (Lipinski definition) is 5. The number of hydrogen-bond donors (Lipinski definition) is 3. The lowest BCUT2D eigenvalue weighted by molar-refractivity contribution is 0.518. The molecule has 0 bridgehead atoms. The lowest BCUT2D eigenvalue weighted by Crippen LogP contribution is -2.32. The van der Waals surface area contributed by atoms with Gasteiger partial charge in [0.25, 0.3) is 5.56 Å². The fraction of sp³-hybridized carbons (Fsp3) is 0.200. The van der Waals surface area contributed by atoms with Crippen molar-refractivity contribution < 1.29 is 4.42 Å². The van der Waals surface area contributed by atoms with E-state index in [2.05, 4.69) is 10.3 Å². The molecule has 0 spiro atoms. The lowest BCUT2D eigenvalue weighted by Gasteiger charge is -2.09. The van der Waals surface area contributed by atoms with Crippen molar-refractivity contribution >= 4 is 11.5 Å². The molecular weight excluding hydrogens is 224 g/mol. The molecule has 17 heavy (non-hydrogen) atoms. The number of rotatable bonds is 3. The number of aromatic nitrogens is 2. The Balaban J connectivity index is 2.30. The van der Waals surface area contributed by atoms with Crippen LogP contribution in [0.3, 0.4) is 0 Å². The van der Waals surface area contributed by atoms with E-state index in [0.29, 0.717) is 12.3 Å². The molecule has 2 aromatic heterocycles. The van der Waals surface area contributed by atoms with Gasteiger partial charge in [0.2, 0.25) is 0 Å². The Hall–Kier alpha value is -2.44. The molecule has 0 fully saturated rings. The quantitative estimate of drug-likeness (QED) is 0.687. The average molecular weight is 236 g/mol. The van der Waals surface area contributed by atoms with Crippen LogP contribution in [0.2, 0.25) is 0 Å². The minimum Gasteiger partial charge on any atom is -0.467 e. The summed E-state index contributed by atoms with van der Waals surface area (Å²) in [6.07, 6.45) is 1.53. The van der Waals surface area contributed by atoms with Crippen molar-refractivity contribution in [3.05, 3.63) is 45.0 Å². The van der Waals surface area contributed by atoms with Gasteiger partial charge >= 0.3 is 5.69 Å². The molecule has 4 N–H and O–H groups in total. The van der Waals surface area contributed by atoms with Crippen LogP contribution in [0.15, 0.2) is 32.4 Å². The number of furan rings is 1. The summed E-state index contributed by atoms with van der Waals surface area (Å²) in [5, 5.41) is 2.83. The maximum atomic E-state index is 11.5. The summed E-state index contributed by atoms with van der Waals surface area (Å²) >= 11 is 0. The van der Waals surface area contributed by atoms with Crippen molar-refractivity contribution in [2.75, 3.05) is 11.1 Å². The fourth-order valence-corrected chi connectivity index (χ4v) is 1.40. The van der Waals surface area contributed by atoms with Crippen molar-refractivity contribution in [3.8, 4) is 0 Å². The molecule has 0 atom stereocenters. The maximum absolute atomic E-state index is 11.5. The standard InChI is InChI=1S/C10H12N4O3/c1-14-8(11)7(9(15)13-10(14)16)12-5-6-3-2-4-17-6/h2-4,12H,5,11H2,1H3,(H,13,15,16). The highest BCUT2D eigenvalue weighted by Gasteiger charge is 2.09. The van der Waals surface area contributed by atoms with Gasteiger partial charge in [0.1, 0.15) is 17.3 Å². The first-order valence-electron chi connectivity index (χ1n) is 4.94. The first-order valence-corrected chi connectivity index (χ1v) is 4.94. The zero-order valence-electron chi connectivity index (χ0n) is 9.19. The van der Waals surface area contributed by atoms with Gasteiger partial charge in [0.15, 0.2) is 0 Å². The zero-order valence-corrected chi connectivity index (χ0v) is 9.19. The first kappa shape index (κ1) is 11.1. The summed E-state index contributed by atoms with van der Waals surface area (Å²) in [7, 11) is 1.48. The molecule has 0 aliphatic heterocycles. The van der Waals surface area contributed by atoms with E-state index in [1.807, 2.05) is 0 Å². The third kappa shape index (κ3) is 2.07. The van der Waals surface area contributed by atoms with Crippen molar-refractivity contribution in [1.82, 2.24) is 9.55 Å². The predicted octanol–water partition coefficient (Wildman–Crippen LogP) is -0.139. The number of aromatic amines is 1. The molecule has 90 valence electrons. The Morgan fingerprint density at radius 2 is 2.29 bits per heavy atom. The van der Waals surface area contributed by atoms with E-state index in [9.17, 15) is 9.59 Å². The maximum Gasteiger partial charge on any atom is 0.329 e. The summed E-state index contributed by atoms with van der Waals surface area (Å²) in [6.45, 7) is 0.318. The Bertz CT molecular complexity index is 624. The number of nitrogens with two attached hydrogens (primary N) is 1. The Morgan fingerprint density at radius 3 is 2.94 bits per heavy atom. The second-order valence-corrected chi connectivity index (χ2v) is 3.51. The van der Waals surface area contributed by atoms with Gasteiger partial charge in [-0.1, -0.05) is 0 Å². The van der Waals surface area contributed by atoms with Crippen LogP contribution in [0.4, 0.5) is 11.5 Å². The molecular formula is C10H12N4O3. The van der Waals surface area contributed by atoms with Crippen molar-refractivity contribution in [2.45, 2.75) is 6.54 Å². The smallest absolute Gasteiger partial charge is 0.329 e. The topological polar surface area (TPSA) is 106 Å².